The summed E-state index contributed by atoms with van der Waals surface area (Å²) < 4.78 is 1.92. The molecule has 0 unspecified atom stereocenters. The van der Waals surface area contributed by atoms with Crippen LogP contribution in [0.1, 0.15) is 34.8 Å². The third-order valence-electron chi connectivity index (χ3n) is 4.66. The van der Waals surface area contributed by atoms with Crippen molar-refractivity contribution >= 4 is 22.7 Å². The van der Waals surface area contributed by atoms with Gasteiger partial charge in [0.15, 0.2) is 0 Å². The molecule has 3 aromatic rings. The van der Waals surface area contributed by atoms with Gasteiger partial charge in [-0.05, 0) is 49.1 Å². The molecule has 0 saturated heterocycles. The molecule has 126 valence electrons. The van der Waals surface area contributed by atoms with Crippen LogP contribution in [0.15, 0.2) is 41.5 Å². The van der Waals surface area contributed by atoms with Crippen molar-refractivity contribution in [1.82, 2.24) is 9.55 Å². The molecule has 6 heteroatoms. The highest BCUT2D eigenvalue weighted by atomic mass is 16.4. The van der Waals surface area contributed by atoms with E-state index in [1.54, 1.807) is 12.3 Å². The normalized spacial score (nSPS) is 14.0. The summed E-state index contributed by atoms with van der Waals surface area (Å²) >= 11 is 0. The van der Waals surface area contributed by atoms with Gasteiger partial charge in [0.05, 0.1) is 5.52 Å². The van der Waals surface area contributed by atoms with Gasteiger partial charge in [0.2, 0.25) is 5.43 Å². The van der Waals surface area contributed by atoms with Gasteiger partial charge in [-0.25, -0.2) is 9.78 Å². The Hall–Kier alpha value is -3.15. The zero-order valence-corrected chi connectivity index (χ0v) is 13.7. The molecular weight excluding hydrogens is 318 g/mol. The topological polar surface area (TPSA) is 98.2 Å². The Kier molecular flexibility index (Phi) is 3.35. The first-order valence-corrected chi connectivity index (χ1v) is 8.10. The van der Waals surface area contributed by atoms with E-state index in [0.29, 0.717) is 11.2 Å². The molecule has 6 nitrogen and oxygen atoms in total. The smallest absolute Gasteiger partial charge is 0.341 e. The van der Waals surface area contributed by atoms with Crippen LogP contribution in [0.3, 0.4) is 0 Å². The second kappa shape index (κ2) is 5.44. The number of pyridine rings is 2. The Bertz CT molecular complexity index is 1080. The number of hydrogen-bond acceptors (Lipinski definition) is 4. The van der Waals surface area contributed by atoms with Crippen LogP contribution < -0.4 is 11.2 Å². The maximum atomic E-state index is 12.5. The van der Waals surface area contributed by atoms with E-state index in [-0.39, 0.29) is 11.6 Å². The number of carboxylic acid groups (broad SMARTS) is 1. The maximum absolute atomic E-state index is 12.5. The fourth-order valence-corrected chi connectivity index (χ4v) is 3.08. The molecule has 1 aliphatic carbocycles. The summed E-state index contributed by atoms with van der Waals surface area (Å²) in [5.41, 5.74) is 8.62. The molecule has 0 bridgehead atoms. The monoisotopic (exact) mass is 335 g/mol. The lowest BCUT2D eigenvalue weighted by Gasteiger charge is -2.13. The summed E-state index contributed by atoms with van der Waals surface area (Å²) in [5.74, 6) is -0.700. The molecule has 2 heterocycles. The van der Waals surface area contributed by atoms with Crippen molar-refractivity contribution in [3.63, 3.8) is 0 Å². The number of hydrogen-bond donors (Lipinski definition) is 2. The summed E-state index contributed by atoms with van der Waals surface area (Å²) in [6.45, 7) is 1.89. The zero-order valence-electron chi connectivity index (χ0n) is 13.7. The zero-order chi connectivity index (χ0) is 17.7. The van der Waals surface area contributed by atoms with Gasteiger partial charge in [0, 0.05) is 29.4 Å². The average Bonchev–Trinajstić information content (AvgIpc) is 3.42. The lowest BCUT2D eigenvalue weighted by Crippen LogP contribution is -2.18. The highest BCUT2D eigenvalue weighted by molar-refractivity contribution is 5.94. The lowest BCUT2D eigenvalue weighted by molar-refractivity contribution is 0.0695. The van der Waals surface area contributed by atoms with Crippen LogP contribution in [0, 0.1) is 6.92 Å². The number of carbonyl (C=O) groups is 1. The van der Waals surface area contributed by atoms with Crippen molar-refractivity contribution in [3.05, 3.63) is 58.0 Å². The first-order chi connectivity index (χ1) is 12.0. The third kappa shape index (κ3) is 2.55. The molecule has 0 atom stereocenters. The molecule has 0 amide bonds. The van der Waals surface area contributed by atoms with Crippen molar-refractivity contribution < 1.29 is 9.90 Å². The number of nitrogen functional groups attached to an aromatic ring is 1. The number of anilines is 1. The molecule has 1 saturated carbocycles. The Morgan fingerprint density at radius 1 is 1.28 bits per heavy atom. The number of fused-ring (bicyclic) bond motifs is 1. The largest absolute Gasteiger partial charge is 0.477 e. The van der Waals surface area contributed by atoms with E-state index in [0.717, 1.165) is 35.0 Å². The van der Waals surface area contributed by atoms with Crippen molar-refractivity contribution in [3.8, 4) is 11.1 Å². The molecule has 0 radical (unpaired) electrons. The third-order valence-corrected chi connectivity index (χ3v) is 4.66. The number of carboxylic acids is 1. The summed E-state index contributed by atoms with van der Waals surface area (Å²) in [4.78, 5) is 28.1. The molecule has 1 aromatic carbocycles. The van der Waals surface area contributed by atoms with E-state index >= 15 is 0 Å². The minimum atomic E-state index is -1.19. The van der Waals surface area contributed by atoms with Gasteiger partial charge in [0.1, 0.15) is 11.4 Å². The number of rotatable bonds is 3. The summed E-state index contributed by atoms with van der Waals surface area (Å²) in [6.07, 6.45) is 5.16. The van der Waals surface area contributed by atoms with Gasteiger partial charge in [-0.1, -0.05) is 6.07 Å². The van der Waals surface area contributed by atoms with E-state index in [1.807, 2.05) is 29.7 Å². The van der Waals surface area contributed by atoms with E-state index < -0.39 is 11.4 Å². The number of benzene rings is 1. The molecule has 0 aliphatic heterocycles. The minimum Gasteiger partial charge on any atom is -0.477 e. The Morgan fingerprint density at radius 2 is 2.04 bits per heavy atom. The van der Waals surface area contributed by atoms with Gasteiger partial charge in [-0.2, -0.15) is 0 Å². The van der Waals surface area contributed by atoms with Crippen molar-refractivity contribution in [2.45, 2.75) is 25.8 Å². The predicted octanol–water partition coefficient (Wildman–Crippen LogP) is 2.99. The molecular formula is C19H17N3O3. The van der Waals surface area contributed by atoms with E-state index in [2.05, 4.69) is 4.98 Å². The number of nitrogens with two attached hydrogens (primary N) is 1. The average molecular weight is 335 g/mol. The highest BCUT2D eigenvalue weighted by Crippen LogP contribution is 2.37. The molecule has 0 spiro atoms. The minimum absolute atomic E-state index is 0.183. The number of nitrogens with zero attached hydrogens (tertiary/aromatic N) is 2. The predicted molar refractivity (Wildman–Crippen MR) is 95.8 cm³/mol. The van der Waals surface area contributed by atoms with Gasteiger partial charge >= 0.3 is 5.97 Å². The van der Waals surface area contributed by atoms with E-state index in [1.165, 1.54) is 6.20 Å². The number of aryl methyl sites for hydroxylation is 1. The SMILES string of the molecule is Cc1cc(-c2ccc3c(=O)c(C(=O)O)cn(C4CC4)c3c2)cnc1N. The number of aromatic nitrogens is 2. The Labute approximate surface area is 143 Å². The molecule has 1 fully saturated rings. The van der Waals surface area contributed by atoms with Crippen LogP contribution in [0.5, 0.6) is 0 Å². The summed E-state index contributed by atoms with van der Waals surface area (Å²) in [6, 6.07) is 7.65. The molecule has 3 N–H and O–H groups in total. The first-order valence-electron chi connectivity index (χ1n) is 8.10. The maximum Gasteiger partial charge on any atom is 0.341 e. The van der Waals surface area contributed by atoms with Crippen molar-refractivity contribution in [1.29, 1.82) is 0 Å². The van der Waals surface area contributed by atoms with Crippen molar-refractivity contribution in [2.75, 3.05) is 5.73 Å². The summed E-state index contributed by atoms with van der Waals surface area (Å²) in [7, 11) is 0. The van der Waals surface area contributed by atoms with Crippen LogP contribution in [0.2, 0.25) is 0 Å². The van der Waals surface area contributed by atoms with Gasteiger partial charge in [-0.3, -0.25) is 4.79 Å². The molecule has 4 rings (SSSR count). The second-order valence-electron chi connectivity index (χ2n) is 6.47. The summed E-state index contributed by atoms with van der Waals surface area (Å²) in [5, 5.41) is 9.73. The van der Waals surface area contributed by atoms with E-state index in [4.69, 9.17) is 5.73 Å². The van der Waals surface area contributed by atoms with Gasteiger partial charge in [0.25, 0.3) is 0 Å². The van der Waals surface area contributed by atoms with E-state index in [9.17, 15) is 14.7 Å². The van der Waals surface area contributed by atoms with Crippen LogP contribution in [-0.4, -0.2) is 20.6 Å². The van der Waals surface area contributed by atoms with Crippen LogP contribution in [0.25, 0.3) is 22.0 Å². The van der Waals surface area contributed by atoms with Crippen LogP contribution >= 0.6 is 0 Å². The molecule has 25 heavy (non-hydrogen) atoms. The molecule has 1 aliphatic rings. The standard InChI is InChI=1S/C19H17N3O3/c1-10-6-12(8-21-18(10)20)11-2-5-14-16(7-11)22(13-3-4-13)9-15(17(14)23)19(24)25/h2,5-9,13H,3-4H2,1H3,(H2,20,21)(H,24,25). The highest BCUT2D eigenvalue weighted by Gasteiger charge is 2.26. The Morgan fingerprint density at radius 3 is 2.68 bits per heavy atom. The Balaban J connectivity index is 1.97. The lowest BCUT2D eigenvalue weighted by atomic mass is 10.0. The van der Waals surface area contributed by atoms with Crippen LogP contribution in [-0.2, 0) is 0 Å². The molecule has 2 aromatic heterocycles. The van der Waals surface area contributed by atoms with Crippen molar-refractivity contribution in [2.24, 2.45) is 0 Å². The quantitative estimate of drug-likeness (QED) is 0.767. The van der Waals surface area contributed by atoms with Gasteiger partial charge in [-0.15, -0.1) is 0 Å². The van der Waals surface area contributed by atoms with Gasteiger partial charge < -0.3 is 15.4 Å². The fraction of sp³-hybridized carbons (Fsp3) is 0.211. The first kappa shape index (κ1) is 15.4. The number of aromatic carboxylic acids is 1. The second-order valence-corrected chi connectivity index (χ2v) is 6.47. The fourth-order valence-electron chi connectivity index (χ4n) is 3.08. The van der Waals surface area contributed by atoms with Crippen LogP contribution in [0.4, 0.5) is 5.82 Å².